The zero-order chi connectivity index (χ0) is 8.81. The van der Waals surface area contributed by atoms with Crippen molar-refractivity contribution < 1.29 is 9.53 Å². The highest BCUT2D eigenvalue weighted by Crippen LogP contribution is 2.09. The van der Waals surface area contributed by atoms with Crippen LogP contribution in [0.4, 0.5) is 0 Å². The number of nitrogens with one attached hydrogen (secondary N) is 1. The van der Waals surface area contributed by atoms with E-state index in [4.69, 9.17) is 4.74 Å². The smallest absolute Gasteiger partial charge is 0.320 e. The number of carbonyl (C=O) groups excluding carboxylic acids is 1. The Bertz CT molecular complexity index is 233. The lowest BCUT2D eigenvalue weighted by atomic mass is 10.5. The van der Waals surface area contributed by atoms with Crippen LogP contribution in [0, 0.1) is 0 Å². The predicted octanol–water partition coefficient (Wildman–Crippen LogP) is 1.01. The highest BCUT2D eigenvalue weighted by molar-refractivity contribution is 7.09. The molecule has 0 aromatic carbocycles. The molecule has 1 heterocycles. The van der Waals surface area contributed by atoms with Gasteiger partial charge in [-0.25, -0.2) is 0 Å². The largest absolute Gasteiger partial charge is 0.459 e. The van der Waals surface area contributed by atoms with Crippen LogP contribution >= 0.6 is 11.3 Å². The summed E-state index contributed by atoms with van der Waals surface area (Å²) < 4.78 is 4.94. The van der Waals surface area contributed by atoms with Gasteiger partial charge in [-0.05, 0) is 18.5 Å². The monoisotopic (exact) mass is 185 g/mol. The van der Waals surface area contributed by atoms with Gasteiger partial charge in [0.2, 0.25) is 0 Å². The van der Waals surface area contributed by atoms with E-state index in [2.05, 4.69) is 5.32 Å². The third-order valence-corrected chi connectivity index (χ3v) is 2.13. The van der Waals surface area contributed by atoms with E-state index in [9.17, 15) is 4.79 Å². The van der Waals surface area contributed by atoms with Crippen LogP contribution in [-0.4, -0.2) is 19.6 Å². The fourth-order valence-corrected chi connectivity index (χ4v) is 1.36. The number of thiophene rings is 1. The van der Waals surface area contributed by atoms with Gasteiger partial charge in [-0.1, -0.05) is 6.07 Å². The minimum Gasteiger partial charge on any atom is -0.459 e. The number of rotatable bonds is 4. The molecule has 0 aliphatic heterocycles. The maximum absolute atomic E-state index is 10.9. The van der Waals surface area contributed by atoms with Crippen molar-refractivity contribution in [2.45, 2.75) is 6.61 Å². The number of hydrogen-bond donors (Lipinski definition) is 1. The minimum absolute atomic E-state index is 0.217. The molecule has 0 amide bonds. The van der Waals surface area contributed by atoms with Gasteiger partial charge in [0.15, 0.2) is 0 Å². The van der Waals surface area contributed by atoms with E-state index in [0.29, 0.717) is 6.61 Å². The maximum Gasteiger partial charge on any atom is 0.320 e. The SMILES string of the molecule is CNCC(=O)OCc1cccs1. The average Bonchev–Trinajstić information content (AvgIpc) is 2.53. The van der Waals surface area contributed by atoms with Crippen LogP contribution in [0.25, 0.3) is 0 Å². The highest BCUT2D eigenvalue weighted by Gasteiger charge is 2.00. The molecular weight excluding hydrogens is 174 g/mol. The molecule has 4 heteroatoms. The van der Waals surface area contributed by atoms with Crippen molar-refractivity contribution in [1.29, 1.82) is 0 Å². The summed E-state index contributed by atoms with van der Waals surface area (Å²) in [4.78, 5) is 11.9. The standard InChI is InChI=1S/C8H11NO2S/c1-9-5-8(10)11-6-7-3-2-4-12-7/h2-4,9H,5-6H2,1H3. The lowest BCUT2D eigenvalue weighted by molar-refractivity contribution is -0.143. The average molecular weight is 185 g/mol. The molecule has 1 aromatic heterocycles. The molecule has 0 unspecified atom stereocenters. The molecule has 66 valence electrons. The van der Waals surface area contributed by atoms with Crippen LogP contribution in [0.1, 0.15) is 4.88 Å². The molecule has 3 nitrogen and oxygen atoms in total. The summed E-state index contributed by atoms with van der Waals surface area (Å²) in [6, 6.07) is 3.88. The Morgan fingerprint density at radius 1 is 1.75 bits per heavy atom. The molecule has 12 heavy (non-hydrogen) atoms. The predicted molar refractivity (Wildman–Crippen MR) is 48.0 cm³/mol. The second-order valence-corrected chi connectivity index (χ2v) is 3.30. The summed E-state index contributed by atoms with van der Waals surface area (Å²) in [5, 5.41) is 4.69. The molecule has 0 saturated heterocycles. The first-order valence-electron chi connectivity index (χ1n) is 3.65. The van der Waals surface area contributed by atoms with Crippen LogP contribution in [0.5, 0.6) is 0 Å². The van der Waals surface area contributed by atoms with Crippen molar-refractivity contribution in [1.82, 2.24) is 5.32 Å². The third kappa shape index (κ3) is 3.02. The van der Waals surface area contributed by atoms with Crippen molar-refractivity contribution in [3.05, 3.63) is 22.4 Å². The summed E-state index contributed by atoms with van der Waals surface area (Å²) in [7, 11) is 1.71. The molecule has 1 rings (SSSR count). The molecule has 0 aliphatic carbocycles. The fourth-order valence-electron chi connectivity index (χ4n) is 0.742. The highest BCUT2D eigenvalue weighted by atomic mass is 32.1. The van der Waals surface area contributed by atoms with Crippen molar-refractivity contribution in [2.24, 2.45) is 0 Å². The molecule has 1 aromatic rings. The van der Waals surface area contributed by atoms with E-state index in [0.717, 1.165) is 4.88 Å². The zero-order valence-corrected chi connectivity index (χ0v) is 7.69. The second kappa shape index (κ2) is 4.90. The molecule has 0 aliphatic rings. The van der Waals surface area contributed by atoms with Gasteiger partial charge < -0.3 is 10.1 Å². The molecule has 0 fully saturated rings. The van der Waals surface area contributed by atoms with Crippen LogP contribution in [0.3, 0.4) is 0 Å². The van der Waals surface area contributed by atoms with E-state index in [-0.39, 0.29) is 12.5 Å². The zero-order valence-electron chi connectivity index (χ0n) is 6.87. The van der Waals surface area contributed by atoms with Crippen LogP contribution in [0.2, 0.25) is 0 Å². The lowest BCUT2D eigenvalue weighted by Gasteiger charge is -2.01. The molecule has 1 N–H and O–H groups in total. The Morgan fingerprint density at radius 3 is 3.17 bits per heavy atom. The summed E-state index contributed by atoms with van der Waals surface area (Å²) in [5.41, 5.74) is 0. The van der Waals surface area contributed by atoms with Gasteiger partial charge >= 0.3 is 5.97 Å². The number of carbonyl (C=O) groups is 1. The Morgan fingerprint density at radius 2 is 2.58 bits per heavy atom. The van der Waals surface area contributed by atoms with Crippen molar-refractivity contribution >= 4 is 17.3 Å². The normalized spacial score (nSPS) is 9.75. The Balaban J connectivity index is 2.22. The summed E-state index contributed by atoms with van der Waals surface area (Å²) in [6.07, 6.45) is 0. The van der Waals surface area contributed by atoms with Gasteiger partial charge in [0, 0.05) is 4.88 Å². The first-order valence-corrected chi connectivity index (χ1v) is 4.53. The second-order valence-electron chi connectivity index (χ2n) is 2.27. The molecule has 0 spiro atoms. The quantitative estimate of drug-likeness (QED) is 0.711. The van der Waals surface area contributed by atoms with E-state index in [1.54, 1.807) is 18.4 Å². The van der Waals surface area contributed by atoms with Crippen molar-refractivity contribution in [3.8, 4) is 0 Å². The number of hydrogen-bond acceptors (Lipinski definition) is 4. The Kier molecular flexibility index (Phi) is 3.76. The molecule has 0 atom stereocenters. The van der Waals surface area contributed by atoms with E-state index >= 15 is 0 Å². The number of likely N-dealkylation sites (N-methyl/N-ethyl adjacent to an activating group) is 1. The van der Waals surface area contributed by atoms with E-state index < -0.39 is 0 Å². The van der Waals surface area contributed by atoms with Crippen LogP contribution in [-0.2, 0) is 16.1 Å². The number of esters is 1. The number of ether oxygens (including phenoxy) is 1. The molecule has 0 radical (unpaired) electrons. The third-order valence-electron chi connectivity index (χ3n) is 1.28. The van der Waals surface area contributed by atoms with Gasteiger partial charge in [0.25, 0.3) is 0 Å². The topological polar surface area (TPSA) is 38.3 Å². The summed E-state index contributed by atoms with van der Waals surface area (Å²) in [5.74, 6) is -0.217. The van der Waals surface area contributed by atoms with Gasteiger partial charge in [-0.2, -0.15) is 0 Å². The Labute approximate surface area is 75.4 Å². The van der Waals surface area contributed by atoms with Crippen molar-refractivity contribution in [2.75, 3.05) is 13.6 Å². The van der Waals surface area contributed by atoms with Crippen LogP contribution < -0.4 is 5.32 Å². The molecule has 0 bridgehead atoms. The maximum atomic E-state index is 10.9. The van der Waals surface area contributed by atoms with Crippen molar-refractivity contribution in [3.63, 3.8) is 0 Å². The Hall–Kier alpha value is -0.870. The first kappa shape index (κ1) is 9.22. The first-order chi connectivity index (χ1) is 5.83. The fraction of sp³-hybridized carbons (Fsp3) is 0.375. The summed E-state index contributed by atoms with van der Waals surface area (Å²) in [6.45, 7) is 0.656. The molecular formula is C8H11NO2S. The van der Waals surface area contributed by atoms with E-state index in [1.807, 2.05) is 17.5 Å². The molecule has 0 saturated carbocycles. The van der Waals surface area contributed by atoms with Crippen LogP contribution in [0.15, 0.2) is 17.5 Å². The van der Waals surface area contributed by atoms with Gasteiger partial charge in [-0.3, -0.25) is 4.79 Å². The summed E-state index contributed by atoms with van der Waals surface area (Å²) >= 11 is 1.59. The minimum atomic E-state index is -0.217. The lowest BCUT2D eigenvalue weighted by Crippen LogP contribution is -2.20. The van der Waals surface area contributed by atoms with Gasteiger partial charge in [-0.15, -0.1) is 11.3 Å². The van der Waals surface area contributed by atoms with Gasteiger partial charge in [0.1, 0.15) is 6.61 Å². The van der Waals surface area contributed by atoms with Gasteiger partial charge in [0.05, 0.1) is 6.54 Å². The van der Waals surface area contributed by atoms with E-state index in [1.165, 1.54) is 0 Å².